The molecule has 9 heteroatoms. The number of non-ortho nitro benzene ring substituents is 1. The Morgan fingerprint density at radius 1 is 1.23 bits per heavy atom. The molecule has 0 radical (unpaired) electrons. The monoisotopic (exact) mass is 412 g/mol. The maximum absolute atomic E-state index is 12.9. The van der Waals surface area contributed by atoms with Crippen molar-refractivity contribution in [1.82, 2.24) is 5.32 Å². The van der Waals surface area contributed by atoms with Gasteiger partial charge in [-0.25, -0.2) is 0 Å². The van der Waals surface area contributed by atoms with E-state index in [0.29, 0.717) is 18.0 Å². The van der Waals surface area contributed by atoms with Gasteiger partial charge in [0.15, 0.2) is 6.10 Å². The molecule has 0 aromatic heterocycles. The summed E-state index contributed by atoms with van der Waals surface area (Å²) in [7, 11) is 1.61. The van der Waals surface area contributed by atoms with Crippen LogP contribution in [0.1, 0.15) is 13.3 Å². The minimum absolute atomic E-state index is 0.0332. The van der Waals surface area contributed by atoms with Crippen molar-refractivity contribution < 1.29 is 19.2 Å². The first-order valence-corrected chi connectivity index (χ1v) is 9.70. The van der Waals surface area contributed by atoms with Crippen LogP contribution in [0.2, 0.25) is 0 Å². The van der Waals surface area contributed by atoms with E-state index in [4.69, 9.17) is 4.74 Å². The number of nitrogens with zero attached hydrogens (tertiary/aromatic N) is 3. The number of rotatable bonds is 7. The molecule has 0 bridgehead atoms. The SMILES string of the molecule is CCCNC(=O)[C@H]1CN(CC(=O)N(C)c2ccc([N+](=O)[O-])cc2)c2ccccc2O1. The number of benzene rings is 2. The second-order valence-electron chi connectivity index (χ2n) is 6.97. The Labute approximate surface area is 174 Å². The molecule has 1 atom stereocenters. The Morgan fingerprint density at radius 3 is 2.60 bits per heavy atom. The highest BCUT2D eigenvalue weighted by Gasteiger charge is 2.32. The molecular weight excluding hydrogens is 388 g/mol. The largest absolute Gasteiger partial charge is 0.477 e. The van der Waals surface area contributed by atoms with E-state index in [0.717, 1.165) is 12.1 Å². The molecule has 1 heterocycles. The number of amides is 2. The van der Waals surface area contributed by atoms with Crippen LogP contribution in [0.25, 0.3) is 0 Å². The van der Waals surface area contributed by atoms with Crippen LogP contribution < -0.4 is 19.9 Å². The number of hydrogen-bond donors (Lipinski definition) is 1. The van der Waals surface area contributed by atoms with Crippen LogP contribution in [-0.4, -0.2) is 49.5 Å². The van der Waals surface area contributed by atoms with E-state index in [2.05, 4.69) is 5.32 Å². The first kappa shape index (κ1) is 21.1. The molecule has 0 unspecified atom stereocenters. The van der Waals surface area contributed by atoms with E-state index in [1.807, 2.05) is 30.0 Å². The number of carbonyl (C=O) groups excluding carboxylic acids is 2. The Hall–Kier alpha value is -3.62. The quantitative estimate of drug-likeness (QED) is 0.553. The highest BCUT2D eigenvalue weighted by molar-refractivity contribution is 5.96. The van der Waals surface area contributed by atoms with E-state index in [1.165, 1.54) is 29.2 Å². The average molecular weight is 412 g/mol. The van der Waals surface area contributed by atoms with Gasteiger partial charge in [0.25, 0.3) is 11.6 Å². The highest BCUT2D eigenvalue weighted by atomic mass is 16.6. The molecule has 0 spiro atoms. The molecule has 1 aliphatic heterocycles. The Morgan fingerprint density at radius 2 is 1.93 bits per heavy atom. The Bertz CT molecular complexity index is 931. The van der Waals surface area contributed by atoms with Gasteiger partial charge >= 0.3 is 0 Å². The predicted molar refractivity (Wildman–Crippen MR) is 113 cm³/mol. The lowest BCUT2D eigenvalue weighted by atomic mass is 10.1. The van der Waals surface area contributed by atoms with Crippen molar-refractivity contribution in [2.45, 2.75) is 19.4 Å². The van der Waals surface area contributed by atoms with Crippen molar-refractivity contribution in [2.75, 3.05) is 36.5 Å². The summed E-state index contributed by atoms with van der Waals surface area (Å²) in [5, 5.41) is 13.6. The summed E-state index contributed by atoms with van der Waals surface area (Å²) in [6.45, 7) is 2.80. The van der Waals surface area contributed by atoms with E-state index in [9.17, 15) is 19.7 Å². The summed E-state index contributed by atoms with van der Waals surface area (Å²) in [6, 6.07) is 13.1. The number of fused-ring (bicyclic) bond motifs is 1. The minimum Gasteiger partial charge on any atom is -0.477 e. The molecule has 2 amide bonds. The fourth-order valence-corrected chi connectivity index (χ4v) is 3.17. The van der Waals surface area contributed by atoms with Crippen LogP contribution >= 0.6 is 0 Å². The Kier molecular flexibility index (Phi) is 6.51. The molecule has 3 rings (SSSR count). The lowest BCUT2D eigenvalue weighted by molar-refractivity contribution is -0.384. The van der Waals surface area contributed by atoms with Crippen molar-refractivity contribution >= 4 is 28.9 Å². The van der Waals surface area contributed by atoms with Crippen LogP contribution in [0.5, 0.6) is 5.75 Å². The van der Waals surface area contributed by atoms with Gasteiger partial charge in [-0.15, -0.1) is 0 Å². The van der Waals surface area contributed by atoms with Gasteiger partial charge in [0, 0.05) is 31.4 Å². The standard InChI is InChI=1S/C21H24N4O5/c1-3-12-22-21(27)19-13-24(17-6-4-5-7-18(17)30-19)14-20(26)23(2)15-8-10-16(11-9-15)25(28)29/h4-11,19H,3,12-14H2,1-2H3,(H,22,27)/t19-/m1/s1. The molecule has 2 aromatic rings. The molecule has 30 heavy (non-hydrogen) atoms. The predicted octanol–water partition coefficient (Wildman–Crippen LogP) is 2.35. The number of nitrogens with one attached hydrogen (secondary N) is 1. The van der Waals surface area contributed by atoms with Crippen molar-refractivity contribution in [3.8, 4) is 5.75 Å². The molecule has 1 aliphatic rings. The first-order valence-electron chi connectivity index (χ1n) is 9.70. The molecular formula is C21H24N4O5. The summed E-state index contributed by atoms with van der Waals surface area (Å²) >= 11 is 0. The van der Waals surface area contributed by atoms with Crippen molar-refractivity contribution in [2.24, 2.45) is 0 Å². The first-order chi connectivity index (χ1) is 14.4. The summed E-state index contributed by atoms with van der Waals surface area (Å²) in [5.74, 6) is 0.118. The van der Waals surface area contributed by atoms with Gasteiger partial charge in [0.2, 0.25) is 5.91 Å². The van der Waals surface area contributed by atoms with Crippen molar-refractivity contribution in [3.63, 3.8) is 0 Å². The minimum atomic E-state index is -0.719. The van der Waals surface area contributed by atoms with E-state index < -0.39 is 11.0 Å². The van der Waals surface area contributed by atoms with Gasteiger partial charge in [-0.2, -0.15) is 0 Å². The van der Waals surface area contributed by atoms with Gasteiger partial charge in [0.05, 0.1) is 23.7 Å². The van der Waals surface area contributed by atoms with Crippen molar-refractivity contribution in [1.29, 1.82) is 0 Å². The second kappa shape index (κ2) is 9.25. The topological polar surface area (TPSA) is 105 Å². The number of nitro groups is 1. The summed E-state index contributed by atoms with van der Waals surface area (Å²) in [4.78, 5) is 38.9. The van der Waals surface area contributed by atoms with Crippen molar-refractivity contribution in [3.05, 3.63) is 58.6 Å². The summed E-state index contributed by atoms with van der Waals surface area (Å²) < 4.78 is 5.84. The molecule has 0 saturated heterocycles. The molecule has 0 aliphatic carbocycles. The fourth-order valence-electron chi connectivity index (χ4n) is 3.17. The second-order valence-corrected chi connectivity index (χ2v) is 6.97. The van der Waals surface area contributed by atoms with Crippen LogP contribution in [0.15, 0.2) is 48.5 Å². The molecule has 0 saturated carbocycles. The number of nitro benzene ring substituents is 1. The normalized spacial score (nSPS) is 15.0. The Balaban J connectivity index is 1.75. The number of para-hydroxylation sites is 2. The van der Waals surface area contributed by atoms with Crippen LogP contribution in [0, 0.1) is 10.1 Å². The molecule has 0 fully saturated rings. The number of ether oxygens (including phenoxy) is 1. The third kappa shape index (κ3) is 4.68. The number of hydrogen-bond acceptors (Lipinski definition) is 6. The smallest absolute Gasteiger partial charge is 0.269 e. The zero-order chi connectivity index (χ0) is 21.7. The van der Waals surface area contributed by atoms with Crippen LogP contribution in [0.4, 0.5) is 17.1 Å². The fraction of sp³-hybridized carbons (Fsp3) is 0.333. The number of likely N-dealkylation sites (N-methyl/N-ethyl adjacent to an activating group) is 1. The van der Waals surface area contributed by atoms with E-state index >= 15 is 0 Å². The lowest BCUT2D eigenvalue weighted by Crippen LogP contribution is -2.51. The summed E-state index contributed by atoms with van der Waals surface area (Å²) in [5.41, 5.74) is 1.24. The maximum Gasteiger partial charge on any atom is 0.269 e. The van der Waals surface area contributed by atoms with Gasteiger partial charge in [0.1, 0.15) is 5.75 Å². The van der Waals surface area contributed by atoms with E-state index in [1.54, 1.807) is 13.1 Å². The van der Waals surface area contributed by atoms with Crippen LogP contribution in [-0.2, 0) is 9.59 Å². The van der Waals surface area contributed by atoms with Gasteiger partial charge in [-0.3, -0.25) is 19.7 Å². The van der Waals surface area contributed by atoms with Crippen LogP contribution in [0.3, 0.4) is 0 Å². The lowest BCUT2D eigenvalue weighted by Gasteiger charge is -2.36. The van der Waals surface area contributed by atoms with Gasteiger partial charge in [-0.1, -0.05) is 19.1 Å². The third-order valence-corrected chi connectivity index (χ3v) is 4.85. The zero-order valence-corrected chi connectivity index (χ0v) is 16.9. The molecule has 9 nitrogen and oxygen atoms in total. The molecule has 2 aromatic carbocycles. The van der Waals surface area contributed by atoms with Gasteiger partial charge in [-0.05, 0) is 30.7 Å². The maximum atomic E-state index is 12.9. The molecule has 158 valence electrons. The number of anilines is 2. The number of carbonyl (C=O) groups is 2. The zero-order valence-electron chi connectivity index (χ0n) is 16.9. The average Bonchev–Trinajstić information content (AvgIpc) is 2.76. The van der Waals surface area contributed by atoms with E-state index in [-0.39, 0.29) is 30.6 Å². The highest BCUT2D eigenvalue weighted by Crippen LogP contribution is 2.33. The summed E-state index contributed by atoms with van der Waals surface area (Å²) in [6.07, 6.45) is 0.0982. The molecule has 1 N–H and O–H groups in total. The van der Waals surface area contributed by atoms with Gasteiger partial charge < -0.3 is 19.9 Å². The third-order valence-electron chi connectivity index (χ3n) is 4.85.